The summed E-state index contributed by atoms with van der Waals surface area (Å²) in [4.78, 5) is 12.5. The van der Waals surface area contributed by atoms with Gasteiger partial charge in [0.15, 0.2) is 0 Å². The summed E-state index contributed by atoms with van der Waals surface area (Å²) in [5.74, 6) is 0.872. The van der Waals surface area contributed by atoms with Gasteiger partial charge in [-0.25, -0.2) is 0 Å². The maximum Gasteiger partial charge on any atom is 0.266 e. The van der Waals surface area contributed by atoms with Crippen molar-refractivity contribution in [3.8, 4) is 17.6 Å². The number of benzene rings is 2. The number of para-hydroxylation sites is 2. The van der Waals surface area contributed by atoms with Crippen LogP contribution in [0.1, 0.15) is 38.7 Å². The first-order valence-electron chi connectivity index (χ1n) is 9.55. The molecule has 0 aliphatic carbocycles. The van der Waals surface area contributed by atoms with Gasteiger partial charge in [-0.05, 0) is 49.2 Å². The van der Waals surface area contributed by atoms with Crippen molar-refractivity contribution in [2.75, 3.05) is 18.5 Å². The van der Waals surface area contributed by atoms with Crippen LogP contribution in [-0.4, -0.2) is 19.1 Å². The topological polar surface area (TPSA) is 71.3 Å². The largest absolute Gasteiger partial charge is 0.494 e. The first-order valence-corrected chi connectivity index (χ1v) is 9.55. The number of carbonyl (C=O) groups is 1. The highest BCUT2D eigenvalue weighted by molar-refractivity contribution is 6.10. The molecule has 0 radical (unpaired) electrons. The highest BCUT2D eigenvalue weighted by atomic mass is 16.5. The first-order chi connectivity index (χ1) is 13.7. The zero-order chi connectivity index (χ0) is 20.2. The van der Waals surface area contributed by atoms with E-state index < -0.39 is 5.91 Å². The number of amides is 1. The summed E-state index contributed by atoms with van der Waals surface area (Å²) < 4.78 is 11.2. The molecule has 28 heavy (non-hydrogen) atoms. The van der Waals surface area contributed by atoms with Gasteiger partial charge >= 0.3 is 0 Å². The van der Waals surface area contributed by atoms with Gasteiger partial charge in [0, 0.05) is 0 Å². The second-order valence-corrected chi connectivity index (χ2v) is 6.18. The van der Waals surface area contributed by atoms with E-state index in [2.05, 4.69) is 12.2 Å². The van der Waals surface area contributed by atoms with Gasteiger partial charge in [-0.3, -0.25) is 4.79 Å². The second-order valence-electron chi connectivity index (χ2n) is 6.18. The van der Waals surface area contributed by atoms with E-state index in [9.17, 15) is 10.1 Å². The molecule has 0 atom stereocenters. The number of hydrogen-bond acceptors (Lipinski definition) is 4. The van der Waals surface area contributed by atoms with Crippen LogP contribution >= 0.6 is 0 Å². The monoisotopic (exact) mass is 378 g/mol. The lowest BCUT2D eigenvalue weighted by molar-refractivity contribution is -0.112. The lowest BCUT2D eigenvalue weighted by atomic mass is 10.1. The molecular weight excluding hydrogens is 352 g/mol. The summed E-state index contributed by atoms with van der Waals surface area (Å²) in [6.07, 6.45) is 4.88. The summed E-state index contributed by atoms with van der Waals surface area (Å²) in [5.41, 5.74) is 1.31. The fourth-order valence-corrected chi connectivity index (χ4v) is 2.56. The lowest BCUT2D eigenvalue weighted by Gasteiger charge is -2.10. The van der Waals surface area contributed by atoms with Crippen LogP contribution in [0.4, 0.5) is 5.69 Å². The van der Waals surface area contributed by atoms with Crippen molar-refractivity contribution >= 4 is 17.7 Å². The van der Waals surface area contributed by atoms with Crippen LogP contribution in [-0.2, 0) is 4.79 Å². The van der Waals surface area contributed by atoms with Crippen LogP contribution in [0.15, 0.2) is 54.1 Å². The number of nitrogens with zero attached hydrogens (tertiary/aromatic N) is 1. The van der Waals surface area contributed by atoms with Crippen LogP contribution < -0.4 is 14.8 Å². The number of carbonyl (C=O) groups excluding carboxylic acids is 1. The van der Waals surface area contributed by atoms with E-state index in [-0.39, 0.29) is 5.57 Å². The molecule has 0 saturated heterocycles. The molecule has 0 heterocycles. The van der Waals surface area contributed by atoms with Crippen LogP contribution in [0.25, 0.3) is 6.08 Å². The molecule has 1 N–H and O–H groups in total. The number of nitriles is 1. The molecule has 0 aromatic heterocycles. The normalized spacial score (nSPS) is 10.8. The molecule has 0 aliphatic heterocycles. The number of anilines is 1. The average molecular weight is 378 g/mol. The molecule has 2 rings (SSSR count). The Morgan fingerprint density at radius 1 is 1.07 bits per heavy atom. The zero-order valence-corrected chi connectivity index (χ0v) is 16.4. The van der Waals surface area contributed by atoms with E-state index in [1.807, 2.05) is 43.3 Å². The van der Waals surface area contributed by atoms with Crippen molar-refractivity contribution in [1.82, 2.24) is 0 Å². The van der Waals surface area contributed by atoms with Crippen LogP contribution in [0.3, 0.4) is 0 Å². The minimum Gasteiger partial charge on any atom is -0.494 e. The Bertz CT molecular complexity index is 836. The maximum atomic E-state index is 12.5. The molecule has 1 amide bonds. The van der Waals surface area contributed by atoms with Crippen molar-refractivity contribution in [3.05, 3.63) is 59.7 Å². The summed E-state index contributed by atoms with van der Waals surface area (Å²) in [6, 6.07) is 16.4. The van der Waals surface area contributed by atoms with Gasteiger partial charge in [-0.15, -0.1) is 0 Å². The molecule has 5 nitrogen and oxygen atoms in total. The third-order valence-corrected chi connectivity index (χ3v) is 4.01. The smallest absolute Gasteiger partial charge is 0.266 e. The molecule has 2 aromatic rings. The van der Waals surface area contributed by atoms with Gasteiger partial charge in [0.25, 0.3) is 5.91 Å². The third-order valence-electron chi connectivity index (χ3n) is 4.01. The summed E-state index contributed by atoms with van der Waals surface area (Å²) >= 11 is 0. The number of nitrogens with one attached hydrogen (secondary N) is 1. The highest BCUT2D eigenvalue weighted by Crippen LogP contribution is 2.24. The van der Waals surface area contributed by atoms with E-state index in [1.54, 1.807) is 24.3 Å². The summed E-state index contributed by atoms with van der Waals surface area (Å²) in [6.45, 7) is 5.20. The van der Waals surface area contributed by atoms with E-state index >= 15 is 0 Å². The Morgan fingerprint density at radius 2 is 1.82 bits per heavy atom. The molecule has 0 spiro atoms. The highest BCUT2D eigenvalue weighted by Gasteiger charge is 2.12. The number of ether oxygens (including phenoxy) is 2. The Balaban J connectivity index is 2.05. The van der Waals surface area contributed by atoms with Crippen molar-refractivity contribution < 1.29 is 14.3 Å². The van der Waals surface area contributed by atoms with Gasteiger partial charge < -0.3 is 14.8 Å². The Labute approximate surface area is 166 Å². The Morgan fingerprint density at radius 3 is 2.50 bits per heavy atom. The SMILES string of the molecule is CCCCCOc1ccc(/C=C(\C#N)C(=O)Nc2ccccc2OCC)cc1. The van der Waals surface area contributed by atoms with E-state index in [1.165, 1.54) is 0 Å². The minimum atomic E-state index is -0.477. The Hall–Kier alpha value is -3.26. The third kappa shape index (κ3) is 6.48. The van der Waals surface area contributed by atoms with Crippen LogP contribution in [0, 0.1) is 11.3 Å². The quantitative estimate of drug-likeness (QED) is 0.350. The summed E-state index contributed by atoms with van der Waals surface area (Å²) in [5, 5.41) is 12.1. The fourth-order valence-electron chi connectivity index (χ4n) is 2.56. The van der Waals surface area contributed by atoms with Gasteiger partial charge in [-0.1, -0.05) is 44.0 Å². The van der Waals surface area contributed by atoms with E-state index in [0.29, 0.717) is 24.7 Å². The number of unbranched alkanes of at least 4 members (excludes halogenated alkanes) is 2. The maximum absolute atomic E-state index is 12.5. The lowest BCUT2D eigenvalue weighted by Crippen LogP contribution is -2.14. The predicted octanol–water partition coefficient (Wildman–Crippen LogP) is 5.20. The van der Waals surface area contributed by atoms with Crippen molar-refractivity contribution in [3.63, 3.8) is 0 Å². The van der Waals surface area contributed by atoms with Crippen molar-refractivity contribution in [1.29, 1.82) is 5.26 Å². The fraction of sp³-hybridized carbons (Fsp3) is 0.304. The second kappa shape index (κ2) is 11.5. The average Bonchev–Trinajstić information content (AvgIpc) is 2.72. The standard InChI is InChI=1S/C23H26N2O3/c1-3-5-8-15-28-20-13-11-18(12-14-20)16-19(17-24)23(26)25-21-9-6-7-10-22(21)27-4-2/h6-7,9-14,16H,3-5,8,15H2,1-2H3,(H,25,26)/b19-16+. The molecule has 0 saturated carbocycles. The van der Waals surface area contributed by atoms with Gasteiger partial charge in [0.2, 0.25) is 0 Å². The molecule has 0 aliphatic rings. The van der Waals surface area contributed by atoms with Gasteiger partial charge in [0.1, 0.15) is 23.1 Å². The molecule has 0 unspecified atom stereocenters. The predicted molar refractivity (Wildman–Crippen MR) is 111 cm³/mol. The van der Waals surface area contributed by atoms with Gasteiger partial charge in [-0.2, -0.15) is 5.26 Å². The van der Waals surface area contributed by atoms with Crippen molar-refractivity contribution in [2.45, 2.75) is 33.1 Å². The van der Waals surface area contributed by atoms with E-state index in [0.717, 1.165) is 30.6 Å². The summed E-state index contributed by atoms with van der Waals surface area (Å²) in [7, 11) is 0. The molecule has 5 heteroatoms. The van der Waals surface area contributed by atoms with E-state index in [4.69, 9.17) is 9.47 Å². The van der Waals surface area contributed by atoms with Crippen LogP contribution in [0.5, 0.6) is 11.5 Å². The van der Waals surface area contributed by atoms with Gasteiger partial charge in [0.05, 0.1) is 18.9 Å². The molecular formula is C23H26N2O3. The Kier molecular flexibility index (Phi) is 8.61. The minimum absolute atomic E-state index is 0.0166. The van der Waals surface area contributed by atoms with Crippen molar-refractivity contribution in [2.24, 2.45) is 0 Å². The number of hydrogen-bond donors (Lipinski definition) is 1. The van der Waals surface area contributed by atoms with Crippen LogP contribution in [0.2, 0.25) is 0 Å². The molecule has 0 fully saturated rings. The molecule has 146 valence electrons. The molecule has 2 aromatic carbocycles. The molecule has 0 bridgehead atoms. The first kappa shape index (κ1) is 21.0. The zero-order valence-electron chi connectivity index (χ0n) is 16.4. The number of rotatable bonds is 10.